The van der Waals surface area contributed by atoms with Gasteiger partial charge in [-0.25, -0.2) is 9.67 Å². The highest BCUT2D eigenvalue weighted by molar-refractivity contribution is 7.21. The molecule has 0 saturated heterocycles. The van der Waals surface area contributed by atoms with E-state index in [4.69, 9.17) is 18.9 Å². The molecule has 4 aromatic carbocycles. The molecule has 8 rings (SSSR count). The third-order valence-corrected chi connectivity index (χ3v) is 8.03. The summed E-state index contributed by atoms with van der Waals surface area (Å²) >= 11 is 1.70. The molecule has 0 fully saturated rings. The summed E-state index contributed by atoms with van der Waals surface area (Å²) in [5, 5.41) is 22.0. The van der Waals surface area contributed by atoms with Crippen LogP contribution < -0.4 is 0 Å². The topological polar surface area (TPSA) is 109 Å². The predicted octanol–water partition coefficient (Wildman–Crippen LogP) is 7.58. The van der Waals surface area contributed by atoms with Crippen LogP contribution in [0.25, 0.3) is 71.9 Å². The van der Waals surface area contributed by atoms with Crippen LogP contribution in [0, 0.1) is 0 Å². The molecule has 0 bridgehead atoms. The van der Waals surface area contributed by atoms with Crippen molar-refractivity contribution < 1.29 is 8.83 Å². The Kier molecular flexibility index (Phi) is 5.75. The summed E-state index contributed by atoms with van der Waals surface area (Å²) in [5.74, 6) is 0.558. The summed E-state index contributed by atoms with van der Waals surface area (Å²) < 4.78 is 14.2. The van der Waals surface area contributed by atoms with E-state index in [9.17, 15) is 0 Å². The Morgan fingerprint density at radius 2 is 1.24 bits per heavy atom. The van der Waals surface area contributed by atoms with Gasteiger partial charge in [0, 0.05) is 11.1 Å². The lowest BCUT2D eigenvalue weighted by atomic mass is 10.0. The summed E-state index contributed by atoms with van der Waals surface area (Å²) in [4.78, 5) is 4.79. The molecule has 10 heteroatoms. The number of nitrogens with zero attached hydrogens (tertiary/aromatic N) is 7. The molecule has 0 aliphatic rings. The van der Waals surface area contributed by atoms with Crippen LogP contribution in [0.3, 0.4) is 0 Å². The Morgan fingerprint density at radius 1 is 0.595 bits per heavy atom. The van der Waals surface area contributed by atoms with Crippen LogP contribution in [-0.2, 0) is 0 Å². The van der Waals surface area contributed by atoms with Gasteiger partial charge < -0.3 is 8.83 Å². The van der Waals surface area contributed by atoms with Gasteiger partial charge in [-0.1, -0.05) is 78.9 Å². The first-order valence-electron chi connectivity index (χ1n) is 13.1. The van der Waals surface area contributed by atoms with Crippen LogP contribution in [0.4, 0.5) is 0 Å². The molecule has 0 saturated carbocycles. The molecule has 0 aliphatic carbocycles. The van der Waals surface area contributed by atoms with Crippen molar-refractivity contribution in [2.24, 2.45) is 0 Å². The summed E-state index contributed by atoms with van der Waals surface area (Å²) in [7, 11) is 0. The summed E-state index contributed by atoms with van der Waals surface area (Å²) in [5.41, 5.74) is 7.89. The van der Waals surface area contributed by atoms with Crippen molar-refractivity contribution in [2.75, 3.05) is 0 Å². The number of aromatic nitrogens is 7. The van der Waals surface area contributed by atoms with Gasteiger partial charge in [-0.05, 0) is 35.4 Å². The number of rotatable bonds is 6. The van der Waals surface area contributed by atoms with Crippen molar-refractivity contribution in [1.82, 2.24) is 35.2 Å². The molecule has 0 atom stereocenters. The molecular weight excluding hydrogens is 546 g/mol. The van der Waals surface area contributed by atoms with Crippen LogP contribution in [0.1, 0.15) is 0 Å². The zero-order valence-electron chi connectivity index (χ0n) is 21.8. The molecule has 0 spiro atoms. The second kappa shape index (κ2) is 10.0. The molecule has 4 aromatic heterocycles. The first-order chi connectivity index (χ1) is 20.8. The van der Waals surface area contributed by atoms with Gasteiger partial charge in [-0.2, -0.15) is 5.10 Å². The first kappa shape index (κ1) is 24.1. The van der Waals surface area contributed by atoms with Crippen molar-refractivity contribution >= 4 is 21.6 Å². The molecule has 42 heavy (non-hydrogen) atoms. The molecule has 8 aromatic rings. The lowest BCUT2D eigenvalue weighted by Crippen LogP contribution is -1.99. The molecule has 0 unspecified atom stereocenters. The molecule has 0 aliphatic heterocycles. The maximum absolute atomic E-state index is 5.64. The number of hydrogen-bond donors (Lipinski definition) is 0. The fourth-order valence-corrected chi connectivity index (χ4v) is 5.95. The average molecular weight is 566 g/mol. The van der Waals surface area contributed by atoms with Gasteiger partial charge in [-0.15, -0.1) is 31.7 Å². The second-order valence-corrected chi connectivity index (χ2v) is 10.5. The quantitative estimate of drug-likeness (QED) is 0.203. The van der Waals surface area contributed by atoms with Gasteiger partial charge in [0.1, 0.15) is 5.01 Å². The Morgan fingerprint density at radius 3 is 1.93 bits per heavy atom. The highest BCUT2D eigenvalue weighted by Crippen LogP contribution is 2.40. The van der Waals surface area contributed by atoms with E-state index in [1.165, 1.54) is 17.5 Å². The summed E-state index contributed by atoms with van der Waals surface area (Å²) in [6.07, 6.45) is 2.56. The highest BCUT2D eigenvalue weighted by Gasteiger charge is 2.28. The summed E-state index contributed by atoms with van der Waals surface area (Å²) in [6, 6.07) is 34.8. The Balaban J connectivity index is 1.19. The first-order valence-corrected chi connectivity index (χ1v) is 13.9. The van der Waals surface area contributed by atoms with Crippen LogP contribution in [-0.4, -0.2) is 35.2 Å². The fraction of sp³-hybridized carbons (Fsp3) is 0. The molecule has 0 amide bonds. The van der Waals surface area contributed by atoms with Crippen LogP contribution in [0.15, 0.2) is 125 Å². The van der Waals surface area contributed by atoms with Crippen LogP contribution in [0.5, 0.6) is 0 Å². The van der Waals surface area contributed by atoms with E-state index in [0.29, 0.717) is 17.1 Å². The number of para-hydroxylation sites is 1. The summed E-state index contributed by atoms with van der Waals surface area (Å²) in [6.45, 7) is 0. The second-order valence-electron chi connectivity index (χ2n) is 9.45. The Labute approximate surface area is 242 Å². The largest absolute Gasteiger partial charge is 0.423 e. The van der Waals surface area contributed by atoms with Gasteiger partial charge in [-0.3, -0.25) is 0 Å². The van der Waals surface area contributed by atoms with E-state index in [2.05, 4.69) is 62.9 Å². The molecule has 4 heterocycles. The van der Waals surface area contributed by atoms with Crippen LogP contribution in [0.2, 0.25) is 0 Å². The smallest absolute Gasteiger partial charge is 0.268 e. The molecule has 0 radical (unpaired) electrons. The Bertz CT molecular complexity index is 2080. The monoisotopic (exact) mass is 565 g/mol. The van der Waals surface area contributed by atoms with Crippen molar-refractivity contribution in [3.63, 3.8) is 0 Å². The van der Waals surface area contributed by atoms with E-state index in [0.717, 1.165) is 44.2 Å². The van der Waals surface area contributed by atoms with Crippen molar-refractivity contribution in [3.8, 4) is 61.7 Å². The SMILES string of the molecule is c1ccc(-c2c(-c3nnco3)c(-c3nnco3)nn2-c2ccc(-c3ccc(-c4nc5ccccc5s4)cc3)cc2)cc1. The maximum Gasteiger partial charge on any atom is 0.268 e. The minimum Gasteiger partial charge on any atom is -0.423 e. The van der Waals surface area contributed by atoms with E-state index >= 15 is 0 Å². The Hall–Kier alpha value is -5.74. The van der Waals surface area contributed by atoms with Gasteiger partial charge >= 0.3 is 0 Å². The van der Waals surface area contributed by atoms with Gasteiger partial charge in [0.2, 0.25) is 12.8 Å². The molecular formula is C32H19N7O2S. The van der Waals surface area contributed by atoms with E-state index < -0.39 is 0 Å². The van der Waals surface area contributed by atoms with Gasteiger partial charge in [0.05, 0.1) is 27.2 Å². The lowest BCUT2D eigenvalue weighted by Gasteiger charge is -2.10. The van der Waals surface area contributed by atoms with Crippen molar-refractivity contribution in [2.45, 2.75) is 0 Å². The third-order valence-electron chi connectivity index (χ3n) is 6.94. The van der Waals surface area contributed by atoms with Crippen LogP contribution >= 0.6 is 11.3 Å². The van der Waals surface area contributed by atoms with Gasteiger partial charge in [0.25, 0.3) is 11.8 Å². The third kappa shape index (κ3) is 4.18. The zero-order chi connectivity index (χ0) is 27.9. The highest BCUT2D eigenvalue weighted by atomic mass is 32.1. The minimum absolute atomic E-state index is 0.254. The normalized spacial score (nSPS) is 11.3. The standard InChI is InChI=1S/C32H19N7O2S/c1-2-6-22(7-3-1)29-27(30-36-33-18-40-30)28(31-37-34-19-41-31)38-39(29)24-16-14-21(15-17-24)20-10-12-23(13-11-20)32-35-25-8-4-5-9-26(25)42-32/h1-19H. The molecule has 200 valence electrons. The lowest BCUT2D eigenvalue weighted by molar-refractivity contribution is 0.560. The number of benzene rings is 4. The zero-order valence-corrected chi connectivity index (χ0v) is 22.6. The number of hydrogen-bond acceptors (Lipinski definition) is 9. The number of fused-ring (bicyclic) bond motifs is 1. The van der Waals surface area contributed by atoms with Gasteiger partial charge in [0.15, 0.2) is 5.69 Å². The number of thiazole rings is 1. The molecule has 0 N–H and O–H groups in total. The van der Waals surface area contributed by atoms with Crippen molar-refractivity contribution in [1.29, 1.82) is 0 Å². The average Bonchev–Trinajstić information content (AvgIpc) is 3.87. The van der Waals surface area contributed by atoms with E-state index in [1.54, 1.807) is 11.3 Å². The minimum atomic E-state index is 0.254. The van der Waals surface area contributed by atoms with Crippen molar-refractivity contribution in [3.05, 3.63) is 116 Å². The van der Waals surface area contributed by atoms with E-state index in [1.807, 2.05) is 65.3 Å². The maximum atomic E-state index is 5.64. The fourth-order valence-electron chi connectivity index (χ4n) is 4.97. The predicted molar refractivity (Wildman–Crippen MR) is 160 cm³/mol. The molecule has 9 nitrogen and oxygen atoms in total. The van der Waals surface area contributed by atoms with E-state index in [-0.39, 0.29) is 5.89 Å².